The summed E-state index contributed by atoms with van der Waals surface area (Å²) in [4.78, 5) is 27.2. The molecule has 7 heteroatoms. The molecule has 0 aliphatic carbocycles. The zero-order valence-corrected chi connectivity index (χ0v) is 11.8. The molecule has 6 nitrogen and oxygen atoms in total. The highest BCUT2D eigenvalue weighted by atomic mass is 79.9. The van der Waals surface area contributed by atoms with Crippen LogP contribution in [0.4, 0.5) is 0 Å². The van der Waals surface area contributed by atoms with Gasteiger partial charge in [0.15, 0.2) is 0 Å². The zero-order chi connectivity index (χ0) is 14.0. The quantitative estimate of drug-likeness (QED) is 0.810. The predicted molar refractivity (Wildman–Crippen MR) is 69.8 cm³/mol. The standard InChI is InChI=1S/C12H13BrN2O4/c1-12(11(17)18)6-19-5-8(12)15-10(16)7-2-3-9(13)14-4-7/h2-4,8H,5-6H2,1H3,(H,15,16)(H,17,18). The number of hydrogen-bond acceptors (Lipinski definition) is 4. The van der Waals surface area contributed by atoms with Crippen molar-refractivity contribution in [3.63, 3.8) is 0 Å². The molecule has 19 heavy (non-hydrogen) atoms. The average molecular weight is 329 g/mol. The molecule has 0 radical (unpaired) electrons. The fourth-order valence-electron chi connectivity index (χ4n) is 1.84. The molecule has 102 valence electrons. The number of nitrogens with one attached hydrogen (secondary N) is 1. The number of carboxylic acids is 1. The monoisotopic (exact) mass is 328 g/mol. The lowest BCUT2D eigenvalue weighted by Gasteiger charge is -2.25. The summed E-state index contributed by atoms with van der Waals surface area (Å²) >= 11 is 3.18. The van der Waals surface area contributed by atoms with Gasteiger partial charge in [-0.15, -0.1) is 0 Å². The van der Waals surface area contributed by atoms with Gasteiger partial charge in [0.05, 0.1) is 24.8 Å². The van der Waals surface area contributed by atoms with Crippen LogP contribution < -0.4 is 5.32 Å². The summed E-state index contributed by atoms with van der Waals surface area (Å²) in [6, 6.07) is 2.71. The van der Waals surface area contributed by atoms with E-state index in [0.29, 0.717) is 10.2 Å². The molecule has 2 atom stereocenters. The SMILES string of the molecule is CC1(C(=O)O)COCC1NC(=O)c1ccc(Br)nc1. The lowest BCUT2D eigenvalue weighted by atomic mass is 9.85. The molecule has 1 amide bonds. The molecule has 2 rings (SSSR count). The predicted octanol–water partition coefficient (Wildman–Crippen LogP) is 1.06. The van der Waals surface area contributed by atoms with Crippen LogP contribution in [0.15, 0.2) is 22.9 Å². The molecular formula is C12H13BrN2O4. The zero-order valence-electron chi connectivity index (χ0n) is 10.2. The van der Waals surface area contributed by atoms with Crippen molar-refractivity contribution in [2.75, 3.05) is 13.2 Å². The van der Waals surface area contributed by atoms with Gasteiger partial charge in [0.25, 0.3) is 5.91 Å². The third-order valence-corrected chi connectivity index (χ3v) is 3.71. The van der Waals surface area contributed by atoms with E-state index < -0.39 is 17.4 Å². The summed E-state index contributed by atoms with van der Waals surface area (Å²) in [6.07, 6.45) is 1.42. The van der Waals surface area contributed by atoms with Crippen LogP contribution in [-0.2, 0) is 9.53 Å². The molecule has 2 heterocycles. The summed E-state index contributed by atoms with van der Waals surface area (Å²) in [7, 11) is 0. The van der Waals surface area contributed by atoms with Crippen LogP contribution in [0.5, 0.6) is 0 Å². The van der Waals surface area contributed by atoms with Crippen LogP contribution in [0.3, 0.4) is 0 Å². The first-order valence-electron chi connectivity index (χ1n) is 5.67. The second kappa shape index (κ2) is 5.26. The number of halogens is 1. The lowest BCUT2D eigenvalue weighted by Crippen LogP contribution is -2.49. The highest BCUT2D eigenvalue weighted by Crippen LogP contribution is 2.28. The number of carbonyl (C=O) groups is 2. The fraction of sp³-hybridized carbons (Fsp3) is 0.417. The molecule has 2 N–H and O–H groups in total. The number of rotatable bonds is 3. The number of carboxylic acid groups (broad SMARTS) is 1. The topological polar surface area (TPSA) is 88.5 Å². The normalized spacial score (nSPS) is 26.1. The lowest BCUT2D eigenvalue weighted by molar-refractivity contribution is -0.148. The molecule has 2 unspecified atom stereocenters. The van der Waals surface area contributed by atoms with Gasteiger partial charge in [0.2, 0.25) is 0 Å². The first-order chi connectivity index (χ1) is 8.93. The van der Waals surface area contributed by atoms with Crippen molar-refractivity contribution in [3.05, 3.63) is 28.5 Å². The Bertz CT molecular complexity index is 505. The molecule has 1 aromatic heterocycles. The smallest absolute Gasteiger partial charge is 0.313 e. The van der Waals surface area contributed by atoms with Crippen molar-refractivity contribution >= 4 is 27.8 Å². The van der Waals surface area contributed by atoms with E-state index in [1.54, 1.807) is 19.1 Å². The van der Waals surface area contributed by atoms with E-state index in [1.807, 2.05) is 0 Å². The minimum Gasteiger partial charge on any atom is -0.481 e. The van der Waals surface area contributed by atoms with Gasteiger partial charge < -0.3 is 15.2 Å². The van der Waals surface area contributed by atoms with E-state index in [-0.39, 0.29) is 19.1 Å². The summed E-state index contributed by atoms with van der Waals surface area (Å²) < 4.78 is 5.80. The molecule has 0 aromatic carbocycles. The summed E-state index contributed by atoms with van der Waals surface area (Å²) in [5, 5.41) is 11.9. The number of hydrogen-bond donors (Lipinski definition) is 2. The van der Waals surface area contributed by atoms with Crippen LogP contribution >= 0.6 is 15.9 Å². The fourth-order valence-corrected chi connectivity index (χ4v) is 2.07. The number of aliphatic carboxylic acids is 1. The Morgan fingerprint density at radius 2 is 2.32 bits per heavy atom. The molecule has 1 fully saturated rings. The van der Waals surface area contributed by atoms with Crippen molar-refractivity contribution in [2.45, 2.75) is 13.0 Å². The number of amides is 1. The summed E-state index contributed by atoms with van der Waals surface area (Å²) in [5.74, 6) is -1.34. The molecular weight excluding hydrogens is 316 g/mol. The number of pyridine rings is 1. The van der Waals surface area contributed by atoms with Crippen molar-refractivity contribution in [1.29, 1.82) is 0 Å². The molecule has 0 spiro atoms. The van der Waals surface area contributed by atoms with E-state index in [4.69, 9.17) is 4.74 Å². The molecule has 1 saturated heterocycles. The second-order valence-corrected chi connectivity index (χ2v) is 5.45. The molecule has 1 aliphatic rings. The van der Waals surface area contributed by atoms with Gasteiger partial charge in [-0.2, -0.15) is 0 Å². The van der Waals surface area contributed by atoms with Crippen LogP contribution in [0.25, 0.3) is 0 Å². The minimum atomic E-state index is -1.10. The first kappa shape index (κ1) is 14.0. The molecule has 1 aromatic rings. The Morgan fingerprint density at radius 1 is 1.58 bits per heavy atom. The van der Waals surface area contributed by atoms with Crippen LogP contribution in [0, 0.1) is 5.41 Å². The van der Waals surface area contributed by atoms with Crippen molar-refractivity contribution < 1.29 is 19.4 Å². The first-order valence-corrected chi connectivity index (χ1v) is 6.46. The number of ether oxygens (including phenoxy) is 1. The van der Waals surface area contributed by atoms with Gasteiger partial charge in [-0.3, -0.25) is 9.59 Å². The van der Waals surface area contributed by atoms with Crippen molar-refractivity contribution in [2.24, 2.45) is 5.41 Å². The van der Waals surface area contributed by atoms with E-state index in [1.165, 1.54) is 6.20 Å². The van der Waals surface area contributed by atoms with Crippen molar-refractivity contribution in [1.82, 2.24) is 10.3 Å². The highest BCUT2D eigenvalue weighted by molar-refractivity contribution is 9.10. The third kappa shape index (κ3) is 2.76. The van der Waals surface area contributed by atoms with Gasteiger partial charge in [0, 0.05) is 6.20 Å². The minimum absolute atomic E-state index is 0.0892. The molecule has 0 bridgehead atoms. The van der Waals surface area contributed by atoms with E-state index in [0.717, 1.165) is 0 Å². The van der Waals surface area contributed by atoms with Gasteiger partial charge in [-0.25, -0.2) is 4.98 Å². The maximum absolute atomic E-state index is 12.0. The van der Waals surface area contributed by atoms with E-state index >= 15 is 0 Å². The van der Waals surface area contributed by atoms with Gasteiger partial charge in [0.1, 0.15) is 10.0 Å². The Labute approximate surface area is 118 Å². The Hall–Kier alpha value is -1.47. The molecule has 1 aliphatic heterocycles. The van der Waals surface area contributed by atoms with Gasteiger partial charge in [-0.1, -0.05) is 0 Å². The third-order valence-electron chi connectivity index (χ3n) is 3.24. The van der Waals surface area contributed by atoms with E-state index in [2.05, 4.69) is 26.2 Å². The number of nitrogens with zero attached hydrogens (tertiary/aromatic N) is 1. The summed E-state index contributed by atoms with van der Waals surface area (Å²) in [5.41, 5.74) is -0.721. The number of aromatic nitrogens is 1. The Balaban J connectivity index is 2.10. The largest absolute Gasteiger partial charge is 0.481 e. The van der Waals surface area contributed by atoms with Gasteiger partial charge >= 0.3 is 5.97 Å². The van der Waals surface area contributed by atoms with Crippen molar-refractivity contribution in [3.8, 4) is 0 Å². The Kier molecular flexibility index (Phi) is 3.86. The van der Waals surface area contributed by atoms with E-state index in [9.17, 15) is 14.7 Å². The maximum Gasteiger partial charge on any atom is 0.313 e. The highest BCUT2D eigenvalue weighted by Gasteiger charge is 2.47. The van der Waals surface area contributed by atoms with Crippen LogP contribution in [0.1, 0.15) is 17.3 Å². The second-order valence-electron chi connectivity index (χ2n) is 4.63. The number of carbonyl (C=O) groups excluding carboxylic acids is 1. The van der Waals surface area contributed by atoms with Gasteiger partial charge in [-0.05, 0) is 35.0 Å². The summed E-state index contributed by atoms with van der Waals surface area (Å²) in [6.45, 7) is 1.84. The van der Waals surface area contributed by atoms with Crippen LogP contribution in [0.2, 0.25) is 0 Å². The van der Waals surface area contributed by atoms with Crippen LogP contribution in [-0.4, -0.2) is 41.2 Å². The Morgan fingerprint density at radius 3 is 2.89 bits per heavy atom. The molecule has 0 saturated carbocycles. The average Bonchev–Trinajstić information content (AvgIpc) is 2.73. The maximum atomic E-state index is 12.0.